The molecule has 0 atom stereocenters. The van der Waals surface area contributed by atoms with E-state index >= 15 is 0 Å². The minimum absolute atomic E-state index is 0.0310. The number of nitrogens with two attached hydrogens (primary N) is 1. The number of nitrogens with one attached hydrogen (secondary N) is 1. The van der Waals surface area contributed by atoms with Crippen LogP contribution in [-0.2, 0) is 20.8 Å². The number of hydrogen-bond donors (Lipinski definition) is 5. The van der Waals surface area contributed by atoms with Crippen LogP contribution < -0.4 is 19.5 Å². The molecule has 6 N–H and O–H groups in total. The minimum Gasteiger partial charge on any atom is -0.478 e. The second-order valence-corrected chi connectivity index (χ2v) is 9.07. The summed E-state index contributed by atoms with van der Waals surface area (Å²) in [5.41, 5.74) is 5.04. The molecule has 0 fully saturated rings. The molecule has 1 aliphatic heterocycles. The van der Waals surface area contributed by atoms with E-state index in [1.807, 2.05) is 0 Å². The van der Waals surface area contributed by atoms with Gasteiger partial charge in [0.15, 0.2) is 11.3 Å². The van der Waals surface area contributed by atoms with Gasteiger partial charge in [-0.3, -0.25) is 14.5 Å². The van der Waals surface area contributed by atoms with Gasteiger partial charge < -0.3 is 23.6 Å². The molecular weight excluding hydrogens is 508 g/mol. The van der Waals surface area contributed by atoms with E-state index in [0.29, 0.717) is 0 Å². The Morgan fingerprint density at radius 1 is 0.886 bits per heavy atom. The fourth-order valence-corrected chi connectivity index (χ4v) is 4.30. The average Bonchev–Trinajstić information content (AvgIpc) is 2.75. The van der Waals surface area contributed by atoms with Crippen LogP contribution in [0.4, 0.5) is 5.69 Å². The number of fused-ring (bicyclic) bond motifs is 2. The Hall–Kier alpha value is -4.18. The molecule has 0 amide bonds. The Balaban J connectivity index is 2.28. The predicted octanol–water partition coefficient (Wildman–Crippen LogP) is 2.33. The van der Waals surface area contributed by atoms with Gasteiger partial charge in [-0.15, -0.1) is 0 Å². The van der Waals surface area contributed by atoms with Crippen molar-refractivity contribution in [1.82, 2.24) is 0 Å². The standard InChI is InChI=1S/C20H14N2O11S2/c21-13-7-5-11-15(9-3-1-2-4-10(9)20(23)24)12-6-8-14(22)19(33-35(28,29)30)17(12)31-16(11)18(13)32-34(25,26)27/h1-8,21H,22H2,(H,23,24)(H,25,26,27)(H,28,29,30). The van der Waals surface area contributed by atoms with E-state index in [1.54, 1.807) is 0 Å². The third-order valence-corrected chi connectivity index (χ3v) is 5.56. The molecule has 13 nitrogen and oxygen atoms in total. The third-order valence-electron chi connectivity index (χ3n) is 4.80. The van der Waals surface area contributed by atoms with Gasteiger partial charge >= 0.3 is 26.8 Å². The summed E-state index contributed by atoms with van der Waals surface area (Å²) >= 11 is 0. The van der Waals surface area contributed by atoms with Crippen LogP contribution in [0, 0.1) is 5.41 Å². The molecule has 0 bridgehead atoms. The van der Waals surface area contributed by atoms with Gasteiger partial charge in [-0.1, -0.05) is 18.2 Å². The van der Waals surface area contributed by atoms with Crippen molar-refractivity contribution in [2.75, 3.05) is 5.73 Å². The number of hydrogen-bond acceptors (Lipinski definition) is 10. The van der Waals surface area contributed by atoms with Crippen molar-refractivity contribution < 1.29 is 48.6 Å². The van der Waals surface area contributed by atoms with Gasteiger partial charge in [-0.25, -0.2) is 4.79 Å². The Kier molecular flexibility index (Phi) is 5.64. The smallest absolute Gasteiger partial charge is 0.446 e. The van der Waals surface area contributed by atoms with Crippen molar-refractivity contribution in [3.8, 4) is 33.9 Å². The number of carbonyl (C=O) groups is 1. The fraction of sp³-hybridized carbons (Fsp3) is 0. The average molecular weight is 522 g/mol. The summed E-state index contributed by atoms with van der Waals surface area (Å²) in [5.74, 6) is -3.31. The summed E-state index contributed by atoms with van der Waals surface area (Å²) in [6, 6.07) is 10.7. The van der Waals surface area contributed by atoms with Crippen LogP contribution in [0.25, 0.3) is 33.4 Å². The fourth-order valence-electron chi connectivity index (χ4n) is 3.54. The molecule has 0 unspecified atom stereocenters. The first-order valence-corrected chi connectivity index (χ1v) is 12.0. The second kappa shape index (κ2) is 8.24. The lowest BCUT2D eigenvalue weighted by Gasteiger charge is -2.20. The largest absolute Gasteiger partial charge is 0.478 e. The molecule has 35 heavy (non-hydrogen) atoms. The molecule has 0 radical (unpaired) electrons. The van der Waals surface area contributed by atoms with Crippen molar-refractivity contribution in [2.24, 2.45) is 0 Å². The van der Waals surface area contributed by atoms with Gasteiger partial charge in [-0.2, -0.15) is 16.8 Å². The maximum Gasteiger partial charge on any atom is 0.446 e. The lowest BCUT2D eigenvalue weighted by atomic mass is 9.90. The normalized spacial score (nSPS) is 12.1. The van der Waals surface area contributed by atoms with Crippen molar-refractivity contribution >= 4 is 43.4 Å². The zero-order chi connectivity index (χ0) is 25.7. The van der Waals surface area contributed by atoms with Gasteiger partial charge in [0.2, 0.25) is 11.5 Å². The Morgan fingerprint density at radius 2 is 1.51 bits per heavy atom. The number of carboxylic acids is 1. The quantitative estimate of drug-likeness (QED) is 0.140. The first-order valence-electron chi connectivity index (χ1n) is 9.30. The van der Waals surface area contributed by atoms with Crippen molar-refractivity contribution in [1.29, 1.82) is 5.41 Å². The van der Waals surface area contributed by atoms with Gasteiger partial charge in [0.1, 0.15) is 5.36 Å². The second-order valence-electron chi connectivity index (χ2n) is 7.03. The summed E-state index contributed by atoms with van der Waals surface area (Å²) in [7, 11) is -10.3. The zero-order valence-corrected chi connectivity index (χ0v) is 18.8. The van der Waals surface area contributed by atoms with Crippen molar-refractivity contribution in [3.63, 3.8) is 0 Å². The highest BCUT2D eigenvalue weighted by Gasteiger charge is 2.29. The minimum atomic E-state index is -5.16. The summed E-state index contributed by atoms with van der Waals surface area (Å²) in [6.07, 6.45) is 0. The maximum atomic E-state index is 11.9. The highest BCUT2D eigenvalue weighted by atomic mass is 32.3. The number of aromatic carboxylic acids is 1. The van der Waals surface area contributed by atoms with Crippen LogP contribution in [0.2, 0.25) is 0 Å². The molecular formula is C20H14N2O11S2. The first-order chi connectivity index (χ1) is 16.3. The molecule has 0 spiro atoms. The number of benzene rings is 3. The molecule has 15 heteroatoms. The van der Waals surface area contributed by atoms with Gasteiger partial charge in [0.25, 0.3) is 0 Å². The molecule has 2 aromatic rings. The summed E-state index contributed by atoms with van der Waals surface area (Å²) in [6.45, 7) is 0. The van der Waals surface area contributed by atoms with Crippen LogP contribution in [-0.4, -0.2) is 37.0 Å². The van der Waals surface area contributed by atoms with Crippen molar-refractivity contribution in [3.05, 3.63) is 59.5 Å². The van der Waals surface area contributed by atoms with E-state index in [9.17, 15) is 35.8 Å². The van der Waals surface area contributed by atoms with Crippen molar-refractivity contribution in [2.45, 2.75) is 0 Å². The van der Waals surface area contributed by atoms with E-state index in [2.05, 4.69) is 8.37 Å². The number of carboxylic acid groups (broad SMARTS) is 1. The molecule has 1 aliphatic carbocycles. The molecule has 0 saturated carbocycles. The van der Waals surface area contributed by atoms with E-state index in [1.165, 1.54) is 42.5 Å². The molecule has 0 aromatic heterocycles. The topological polar surface area (TPSA) is 228 Å². The van der Waals surface area contributed by atoms with Gasteiger partial charge in [0.05, 0.1) is 11.3 Å². The monoisotopic (exact) mass is 522 g/mol. The lowest BCUT2D eigenvalue weighted by molar-refractivity contribution is 0.0697. The Labute approximate surface area is 196 Å². The number of anilines is 1. The van der Waals surface area contributed by atoms with E-state index in [4.69, 9.17) is 15.6 Å². The van der Waals surface area contributed by atoms with Crippen LogP contribution in [0.15, 0.2) is 52.9 Å². The molecule has 0 saturated heterocycles. The third kappa shape index (κ3) is 4.60. The molecule has 4 rings (SSSR count). The predicted molar refractivity (Wildman–Crippen MR) is 120 cm³/mol. The summed E-state index contributed by atoms with van der Waals surface area (Å²) in [5, 5.41) is 17.2. The van der Waals surface area contributed by atoms with E-state index in [0.717, 1.165) is 6.07 Å². The molecule has 2 aliphatic rings. The highest BCUT2D eigenvalue weighted by Crippen LogP contribution is 2.47. The SMILES string of the molecule is N=c1ccc2c(-c3ccccc3C(=O)O)c3ccc(N)c(OS(=O)(=O)O)c3oc-2c1OS(=O)(=O)O. The lowest BCUT2D eigenvalue weighted by Crippen LogP contribution is -2.15. The molecule has 182 valence electrons. The van der Waals surface area contributed by atoms with Crippen LogP contribution in [0.3, 0.4) is 0 Å². The van der Waals surface area contributed by atoms with Crippen LogP contribution >= 0.6 is 0 Å². The number of rotatable bonds is 6. The Morgan fingerprint density at radius 3 is 2.14 bits per heavy atom. The van der Waals surface area contributed by atoms with Gasteiger partial charge in [0, 0.05) is 16.5 Å². The highest BCUT2D eigenvalue weighted by molar-refractivity contribution is 7.81. The first kappa shape index (κ1) is 24.0. The van der Waals surface area contributed by atoms with E-state index in [-0.39, 0.29) is 33.3 Å². The molecule has 1 heterocycles. The summed E-state index contributed by atoms with van der Waals surface area (Å²) in [4.78, 5) is 11.9. The molecule has 2 aromatic carbocycles. The zero-order valence-electron chi connectivity index (χ0n) is 17.1. The summed E-state index contributed by atoms with van der Waals surface area (Å²) < 4.78 is 79.0. The van der Waals surface area contributed by atoms with Crippen LogP contribution in [0.1, 0.15) is 10.4 Å². The van der Waals surface area contributed by atoms with E-state index < -0.39 is 55.0 Å². The Bertz CT molecular complexity index is 1760. The van der Waals surface area contributed by atoms with Gasteiger partial charge in [-0.05, 0) is 35.9 Å². The van der Waals surface area contributed by atoms with Crippen LogP contribution in [0.5, 0.6) is 11.5 Å². The number of nitrogen functional groups attached to an aromatic ring is 1. The maximum absolute atomic E-state index is 11.9.